The smallest absolute Gasteiger partial charge is 0.140 e. The van der Waals surface area contributed by atoms with Gasteiger partial charge in [0.25, 0.3) is 0 Å². The highest BCUT2D eigenvalue weighted by molar-refractivity contribution is 5.82. The van der Waals surface area contributed by atoms with Crippen LogP contribution in [0, 0.1) is 11.7 Å². The van der Waals surface area contributed by atoms with Crippen LogP contribution in [-0.2, 0) is 16.0 Å². The first-order valence-corrected chi connectivity index (χ1v) is 5.11. The first-order chi connectivity index (χ1) is 7.27. The summed E-state index contributed by atoms with van der Waals surface area (Å²) >= 11 is 0. The molecule has 0 aliphatic carbocycles. The van der Waals surface area contributed by atoms with E-state index in [-0.39, 0.29) is 17.5 Å². The van der Waals surface area contributed by atoms with Crippen molar-refractivity contribution < 1.29 is 13.9 Å². The number of rotatable bonds is 2. The second-order valence-electron chi connectivity index (χ2n) is 3.78. The molecule has 1 atom stereocenters. The molecule has 3 heteroatoms. The van der Waals surface area contributed by atoms with E-state index in [1.54, 1.807) is 18.2 Å². The average Bonchev–Trinajstić information content (AvgIpc) is 2.24. The van der Waals surface area contributed by atoms with E-state index in [4.69, 9.17) is 4.74 Å². The Labute approximate surface area is 88.1 Å². The second kappa shape index (κ2) is 4.53. The van der Waals surface area contributed by atoms with Crippen molar-refractivity contribution in [1.29, 1.82) is 0 Å². The zero-order valence-electron chi connectivity index (χ0n) is 8.41. The van der Waals surface area contributed by atoms with Crippen LogP contribution in [0.15, 0.2) is 24.3 Å². The lowest BCUT2D eigenvalue weighted by Crippen LogP contribution is -2.29. The Morgan fingerprint density at radius 3 is 2.93 bits per heavy atom. The molecule has 0 saturated carbocycles. The standard InChI is InChI=1S/C12H13FO2/c13-11-4-2-1-3-9(11)7-10-8-15-6-5-12(10)14/h1-4,10H,5-8H2/t10-/m1/s1. The summed E-state index contributed by atoms with van der Waals surface area (Å²) in [6.07, 6.45) is 0.907. The maximum absolute atomic E-state index is 13.3. The first-order valence-electron chi connectivity index (χ1n) is 5.11. The van der Waals surface area contributed by atoms with Crippen molar-refractivity contribution in [3.8, 4) is 0 Å². The van der Waals surface area contributed by atoms with Crippen LogP contribution in [0.2, 0.25) is 0 Å². The molecule has 0 amide bonds. The molecule has 1 saturated heterocycles. The second-order valence-corrected chi connectivity index (χ2v) is 3.78. The van der Waals surface area contributed by atoms with Crippen molar-refractivity contribution in [2.45, 2.75) is 12.8 Å². The molecule has 1 aliphatic rings. The highest BCUT2D eigenvalue weighted by Crippen LogP contribution is 2.17. The van der Waals surface area contributed by atoms with E-state index in [0.717, 1.165) is 0 Å². The topological polar surface area (TPSA) is 26.3 Å². The van der Waals surface area contributed by atoms with Crippen molar-refractivity contribution >= 4 is 5.78 Å². The maximum Gasteiger partial charge on any atom is 0.140 e. The molecule has 0 aromatic heterocycles. The van der Waals surface area contributed by atoms with Crippen LogP contribution in [0.4, 0.5) is 4.39 Å². The van der Waals surface area contributed by atoms with Crippen LogP contribution >= 0.6 is 0 Å². The van der Waals surface area contributed by atoms with Crippen LogP contribution in [0.25, 0.3) is 0 Å². The minimum absolute atomic E-state index is 0.171. The zero-order valence-corrected chi connectivity index (χ0v) is 8.41. The first kappa shape index (κ1) is 10.3. The third-order valence-electron chi connectivity index (χ3n) is 2.69. The lowest BCUT2D eigenvalue weighted by atomic mass is 9.93. The van der Waals surface area contributed by atoms with E-state index in [9.17, 15) is 9.18 Å². The van der Waals surface area contributed by atoms with Crippen LogP contribution in [0.1, 0.15) is 12.0 Å². The number of hydrogen-bond donors (Lipinski definition) is 0. The fourth-order valence-corrected chi connectivity index (χ4v) is 1.80. The monoisotopic (exact) mass is 208 g/mol. The molecule has 2 rings (SSSR count). The van der Waals surface area contributed by atoms with Gasteiger partial charge in [-0.05, 0) is 18.1 Å². The number of Topliss-reactive ketones (excluding diaryl/α,β-unsaturated/α-hetero) is 1. The largest absolute Gasteiger partial charge is 0.380 e. The molecule has 1 heterocycles. The SMILES string of the molecule is O=C1CCOC[C@H]1Cc1ccccc1F. The molecule has 1 fully saturated rings. The van der Waals surface area contributed by atoms with Crippen molar-refractivity contribution in [3.05, 3.63) is 35.6 Å². The lowest BCUT2D eigenvalue weighted by molar-refractivity contribution is -0.130. The summed E-state index contributed by atoms with van der Waals surface area (Å²) < 4.78 is 18.5. The number of carbonyl (C=O) groups is 1. The predicted octanol–water partition coefficient (Wildman–Crippen LogP) is 1.97. The molecule has 0 N–H and O–H groups in total. The highest BCUT2D eigenvalue weighted by atomic mass is 19.1. The van der Waals surface area contributed by atoms with Gasteiger partial charge in [-0.25, -0.2) is 4.39 Å². The van der Waals surface area contributed by atoms with Crippen LogP contribution in [0.3, 0.4) is 0 Å². The molecular formula is C12H13FO2. The fraction of sp³-hybridized carbons (Fsp3) is 0.417. The molecule has 1 aromatic carbocycles. The summed E-state index contributed by atoms with van der Waals surface area (Å²) in [4.78, 5) is 11.5. The Bertz CT molecular complexity index is 362. The number of benzene rings is 1. The van der Waals surface area contributed by atoms with E-state index in [1.807, 2.05) is 0 Å². The molecule has 1 aromatic rings. The molecule has 0 unspecified atom stereocenters. The molecule has 80 valence electrons. The van der Waals surface area contributed by atoms with Crippen LogP contribution < -0.4 is 0 Å². The van der Waals surface area contributed by atoms with Gasteiger partial charge in [0.2, 0.25) is 0 Å². The quantitative estimate of drug-likeness (QED) is 0.742. The number of ether oxygens (including phenoxy) is 1. The summed E-state index contributed by atoms with van der Waals surface area (Å²) in [7, 11) is 0. The fourth-order valence-electron chi connectivity index (χ4n) is 1.80. The molecule has 0 spiro atoms. The minimum atomic E-state index is -0.240. The minimum Gasteiger partial charge on any atom is -0.380 e. The average molecular weight is 208 g/mol. The summed E-state index contributed by atoms with van der Waals surface area (Å²) in [6.45, 7) is 0.930. The highest BCUT2D eigenvalue weighted by Gasteiger charge is 2.23. The van der Waals surface area contributed by atoms with Gasteiger partial charge in [0.05, 0.1) is 13.2 Å². The number of hydrogen-bond acceptors (Lipinski definition) is 2. The lowest BCUT2D eigenvalue weighted by Gasteiger charge is -2.20. The van der Waals surface area contributed by atoms with Gasteiger partial charge in [-0.15, -0.1) is 0 Å². The van der Waals surface area contributed by atoms with Gasteiger partial charge >= 0.3 is 0 Å². The van der Waals surface area contributed by atoms with Crippen molar-refractivity contribution in [3.63, 3.8) is 0 Å². The Balaban J connectivity index is 2.08. The van der Waals surface area contributed by atoms with Crippen molar-refractivity contribution in [1.82, 2.24) is 0 Å². The van der Waals surface area contributed by atoms with Gasteiger partial charge in [0.1, 0.15) is 11.6 Å². The van der Waals surface area contributed by atoms with E-state index in [1.165, 1.54) is 6.07 Å². The molecule has 1 aliphatic heterocycles. The van der Waals surface area contributed by atoms with Gasteiger partial charge in [0, 0.05) is 12.3 Å². The van der Waals surface area contributed by atoms with E-state index >= 15 is 0 Å². The number of ketones is 1. The molecular weight excluding hydrogens is 195 g/mol. The summed E-state index contributed by atoms with van der Waals surface area (Å²) in [5.41, 5.74) is 0.598. The molecule has 2 nitrogen and oxygen atoms in total. The Morgan fingerprint density at radius 2 is 2.20 bits per heavy atom. The van der Waals surface area contributed by atoms with Crippen molar-refractivity contribution in [2.24, 2.45) is 5.92 Å². The van der Waals surface area contributed by atoms with E-state index < -0.39 is 0 Å². The van der Waals surface area contributed by atoms with Gasteiger partial charge in [-0.3, -0.25) is 4.79 Å². The Kier molecular flexibility index (Phi) is 3.11. The van der Waals surface area contributed by atoms with E-state index in [0.29, 0.717) is 31.6 Å². The van der Waals surface area contributed by atoms with Crippen LogP contribution in [0.5, 0.6) is 0 Å². The third-order valence-corrected chi connectivity index (χ3v) is 2.69. The van der Waals surface area contributed by atoms with Gasteiger partial charge in [0.15, 0.2) is 0 Å². The summed E-state index contributed by atoms with van der Waals surface area (Å²) in [5.74, 6) is -0.226. The molecule has 0 bridgehead atoms. The van der Waals surface area contributed by atoms with E-state index in [2.05, 4.69) is 0 Å². The third kappa shape index (κ3) is 2.42. The summed E-state index contributed by atoms with van der Waals surface area (Å²) in [5, 5.41) is 0. The van der Waals surface area contributed by atoms with Crippen molar-refractivity contribution in [2.75, 3.05) is 13.2 Å². The number of halogens is 1. The molecule has 0 radical (unpaired) electrons. The Morgan fingerprint density at radius 1 is 1.40 bits per heavy atom. The predicted molar refractivity (Wildman–Crippen MR) is 54.0 cm³/mol. The Hall–Kier alpha value is -1.22. The van der Waals surface area contributed by atoms with Crippen LogP contribution in [-0.4, -0.2) is 19.0 Å². The maximum atomic E-state index is 13.3. The van der Waals surface area contributed by atoms with Gasteiger partial charge in [-0.1, -0.05) is 18.2 Å². The normalized spacial score (nSPS) is 21.7. The van der Waals surface area contributed by atoms with Gasteiger partial charge < -0.3 is 4.74 Å². The van der Waals surface area contributed by atoms with Gasteiger partial charge in [-0.2, -0.15) is 0 Å². The zero-order chi connectivity index (χ0) is 10.7. The molecule has 15 heavy (non-hydrogen) atoms. The summed E-state index contributed by atoms with van der Waals surface area (Å²) in [6, 6.07) is 6.57. The number of carbonyl (C=O) groups excluding carboxylic acids is 1.